The first-order valence-electron chi connectivity index (χ1n) is 18.9. The van der Waals surface area contributed by atoms with E-state index in [4.69, 9.17) is 15.0 Å². The van der Waals surface area contributed by atoms with Crippen molar-refractivity contribution in [3.05, 3.63) is 192 Å². The molecule has 1 unspecified atom stereocenters. The van der Waals surface area contributed by atoms with Crippen LogP contribution in [0.25, 0.3) is 92.8 Å². The highest BCUT2D eigenvalue weighted by Gasteiger charge is 2.24. The summed E-state index contributed by atoms with van der Waals surface area (Å²) in [7, 11) is 0. The van der Waals surface area contributed by atoms with E-state index >= 15 is 0 Å². The predicted molar refractivity (Wildman–Crippen MR) is 237 cm³/mol. The van der Waals surface area contributed by atoms with Crippen LogP contribution in [0, 0.1) is 0 Å². The minimum atomic E-state index is 0.289. The highest BCUT2D eigenvalue weighted by molar-refractivity contribution is 7.25. The Hall–Kier alpha value is -6.53. The van der Waals surface area contributed by atoms with Gasteiger partial charge in [0.15, 0.2) is 17.5 Å². The molecule has 1 aliphatic carbocycles. The van der Waals surface area contributed by atoms with E-state index < -0.39 is 0 Å². The maximum Gasteiger partial charge on any atom is 0.164 e. The lowest BCUT2D eigenvalue weighted by Gasteiger charge is -2.19. The van der Waals surface area contributed by atoms with Gasteiger partial charge in [-0.1, -0.05) is 158 Å². The number of hydrogen-bond acceptors (Lipinski definition) is 5. The Kier molecular flexibility index (Phi) is 8.01. The Balaban J connectivity index is 0.925. The van der Waals surface area contributed by atoms with E-state index in [1.54, 1.807) is 0 Å². The van der Waals surface area contributed by atoms with Gasteiger partial charge in [-0.25, -0.2) is 15.0 Å². The normalized spacial score (nSPS) is 13.8. The average molecular weight is 752 g/mol. The molecule has 3 nitrogen and oxygen atoms in total. The molecule has 10 aromatic rings. The molecule has 56 heavy (non-hydrogen) atoms. The summed E-state index contributed by atoms with van der Waals surface area (Å²) in [6.07, 6.45) is 5.64. The topological polar surface area (TPSA) is 38.7 Å². The van der Waals surface area contributed by atoms with Crippen LogP contribution in [0.1, 0.15) is 28.3 Å². The molecule has 0 amide bonds. The number of rotatable bonds is 6. The lowest BCUT2D eigenvalue weighted by molar-refractivity contribution is 0.840. The Labute approximate surface area is 333 Å². The van der Waals surface area contributed by atoms with Crippen LogP contribution in [-0.2, 0) is 0 Å². The fraction of sp³-hybridized carbons (Fsp3) is 0.0392. The largest absolute Gasteiger partial charge is 0.208 e. The smallest absolute Gasteiger partial charge is 0.164 e. The van der Waals surface area contributed by atoms with Crippen LogP contribution in [0.5, 0.6) is 0 Å². The van der Waals surface area contributed by atoms with Crippen molar-refractivity contribution in [2.45, 2.75) is 12.3 Å². The second kappa shape index (κ2) is 13.6. The van der Waals surface area contributed by atoms with Gasteiger partial charge in [-0.3, -0.25) is 0 Å². The zero-order chi connectivity index (χ0) is 37.0. The highest BCUT2D eigenvalue weighted by atomic mass is 32.1. The van der Waals surface area contributed by atoms with Crippen molar-refractivity contribution in [3.8, 4) is 56.4 Å². The quantitative estimate of drug-likeness (QED) is 0.170. The van der Waals surface area contributed by atoms with E-state index in [2.05, 4.69) is 164 Å². The van der Waals surface area contributed by atoms with Crippen LogP contribution in [0.4, 0.5) is 0 Å². The minimum absolute atomic E-state index is 0.289. The summed E-state index contributed by atoms with van der Waals surface area (Å²) in [6, 6.07) is 60.7. The second-order valence-corrected chi connectivity index (χ2v) is 16.5. The molecule has 3 aromatic heterocycles. The Morgan fingerprint density at radius 1 is 0.393 bits per heavy atom. The second-order valence-electron chi connectivity index (χ2n) is 14.3. The number of benzene rings is 7. The highest BCUT2D eigenvalue weighted by Crippen LogP contribution is 2.45. The van der Waals surface area contributed by atoms with Crippen molar-refractivity contribution in [1.29, 1.82) is 0 Å². The van der Waals surface area contributed by atoms with Crippen molar-refractivity contribution < 1.29 is 0 Å². The molecule has 0 bridgehead atoms. The summed E-state index contributed by atoms with van der Waals surface area (Å²) < 4.78 is 3.84. The average Bonchev–Trinajstić information content (AvgIpc) is 3.85. The molecule has 0 saturated heterocycles. The summed E-state index contributed by atoms with van der Waals surface area (Å²) >= 11 is 3.73. The molecule has 7 aromatic carbocycles. The van der Waals surface area contributed by atoms with Gasteiger partial charge in [0.25, 0.3) is 0 Å². The van der Waals surface area contributed by atoms with Gasteiger partial charge in [-0.15, -0.1) is 22.7 Å². The molecule has 0 saturated carbocycles. The Bertz CT molecular complexity index is 3090. The third-order valence-electron chi connectivity index (χ3n) is 10.9. The summed E-state index contributed by atoms with van der Waals surface area (Å²) in [5.74, 6) is 2.31. The lowest BCUT2D eigenvalue weighted by Crippen LogP contribution is -2.03. The first kappa shape index (κ1) is 32.9. The molecule has 0 aliphatic heterocycles. The maximum atomic E-state index is 5.09. The Morgan fingerprint density at radius 2 is 0.929 bits per heavy atom. The summed E-state index contributed by atoms with van der Waals surface area (Å²) in [5.41, 5.74) is 10.5. The lowest BCUT2D eigenvalue weighted by atomic mass is 9.87. The van der Waals surface area contributed by atoms with Gasteiger partial charge in [-0.2, -0.15) is 0 Å². The van der Waals surface area contributed by atoms with E-state index in [0.29, 0.717) is 17.5 Å². The molecular formula is C51H33N3S2. The van der Waals surface area contributed by atoms with Gasteiger partial charge in [0, 0.05) is 57.7 Å². The van der Waals surface area contributed by atoms with Crippen molar-refractivity contribution in [3.63, 3.8) is 0 Å². The molecule has 0 spiro atoms. The standard InChI is InChI=1S/C51H33N3S2/c1-3-10-32(11-4-1)33-18-20-34(21-19-33)38-27-29-46-44(30-38)43-16-9-15-40(48(43)56-46)35-22-24-37(25-23-35)50-52-49(36-12-5-2-6-13-36)53-51(54-50)39-26-28-42-41-14-7-8-17-45(41)55-47(42)31-39/h1-14,16-31,40H,15H2. The molecule has 11 rings (SSSR count). The van der Waals surface area contributed by atoms with Crippen molar-refractivity contribution >= 4 is 59.0 Å². The Morgan fingerprint density at radius 3 is 1.68 bits per heavy atom. The van der Waals surface area contributed by atoms with Crippen LogP contribution >= 0.6 is 22.7 Å². The molecule has 3 heterocycles. The van der Waals surface area contributed by atoms with Crippen molar-refractivity contribution in [2.75, 3.05) is 0 Å². The van der Waals surface area contributed by atoms with Crippen LogP contribution in [-0.4, -0.2) is 15.0 Å². The van der Waals surface area contributed by atoms with Gasteiger partial charge >= 0.3 is 0 Å². The predicted octanol–water partition coefficient (Wildman–Crippen LogP) is 14.3. The molecule has 0 N–H and O–H groups in total. The van der Waals surface area contributed by atoms with Gasteiger partial charge in [0.1, 0.15) is 0 Å². The SMILES string of the molecule is C1=Cc2c(sc3ccc(-c4ccc(-c5ccccc5)cc4)cc23)C(c2ccc(-c3nc(-c4ccccc4)nc(-c4ccc5c(c4)sc4ccccc45)n3)cc2)C1. The maximum absolute atomic E-state index is 5.09. The summed E-state index contributed by atoms with van der Waals surface area (Å²) in [5, 5.41) is 3.87. The van der Waals surface area contributed by atoms with Crippen LogP contribution in [0.2, 0.25) is 0 Å². The van der Waals surface area contributed by atoms with E-state index in [1.165, 1.54) is 68.5 Å². The number of allylic oxidation sites excluding steroid dienone is 1. The van der Waals surface area contributed by atoms with Gasteiger partial charge in [-0.05, 0) is 64.1 Å². The summed E-state index contributed by atoms with van der Waals surface area (Å²) in [6.45, 7) is 0. The number of thiophene rings is 2. The van der Waals surface area contributed by atoms with Gasteiger partial charge in [0.2, 0.25) is 0 Å². The number of fused-ring (bicyclic) bond motifs is 6. The van der Waals surface area contributed by atoms with E-state index in [1.807, 2.05) is 40.9 Å². The molecule has 1 atom stereocenters. The molecule has 0 radical (unpaired) electrons. The molecule has 0 fully saturated rings. The van der Waals surface area contributed by atoms with Gasteiger partial charge in [0.05, 0.1) is 0 Å². The van der Waals surface area contributed by atoms with Crippen LogP contribution in [0.3, 0.4) is 0 Å². The van der Waals surface area contributed by atoms with E-state index in [9.17, 15) is 0 Å². The molecular weight excluding hydrogens is 719 g/mol. The monoisotopic (exact) mass is 751 g/mol. The van der Waals surface area contributed by atoms with Crippen molar-refractivity contribution in [1.82, 2.24) is 15.0 Å². The first-order valence-corrected chi connectivity index (χ1v) is 20.6. The zero-order valence-corrected chi connectivity index (χ0v) is 31.9. The third-order valence-corrected chi connectivity index (χ3v) is 13.4. The van der Waals surface area contributed by atoms with Crippen LogP contribution in [0.15, 0.2) is 176 Å². The number of nitrogens with zero attached hydrogens (tertiary/aromatic N) is 3. The van der Waals surface area contributed by atoms with E-state index in [-0.39, 0.29) is 5.92 Å². The fourth-order valence-electron chi connectivity index (χ4n) is 8.03. The van der Waals surface area contributed by atoms with Crippen LogP contribution < -0.4 is 0 Å². The van der Waals surface area contributed by atoms with E-state index in [0.717, 1.165) is 23.1 Å². The molecule has 264 valence electrons. The summed E-state index contributed by atoms with van der Waals surface area (Å²) in [4.78, 5) is 16.6. The first-order chi connectivity index (χ1) is 27.7. The third kappa shape index (κ3) is 5.84. The zero-order valence-electron chi connectivity index (χ0n) is 30.3. The molecule has 1 aliphatic rings. The van der Waals surface area contributed by atoms with Gasteiger partial charge < -0.3 is 0 Å². The van der Waals surface area contributed by atoms with Crippen molar-refractivity contribution in [2.24, 2.45) is 0 Å². The number of hydrogen-bond donors (Lipinski definition) is 0. The minimum Gasteiger partial charge on any atom is -0.208 e. The number of aromatic nitrogens is 3. The molecule has 5 heteroatoms. The fourth-order valence-corrected chi connectivity index (χ4v) is 10.5.